The van der Waals surface area contributed by atoms with Gasteiger partial charge in [-0.25, -0.2) is 4.99 Å². The summed E-state index contributed by atoms with van der Waals surface area (Å²) in [5, 5.41) is 4.51. The van der Waals surface area contributed by atoms with Crippen molar-refractivity contribution >= 4 is 45.8 Å². The molecule has 1 heterocycles. The van der Waals surface area contributed by atoms with Crippen LogP contribution in [0.25, 0.3) is 0 Å². The van der Waals surface area contributed by atoms with Gasteiger partial charge >= 0.3 is 0 Å². The van der Waals surface area contributed by atoms with E-state index in [0.717, 1.165) is 35.2 Å². The molecule has 0 spiro atoms. The zero-order valence-electron chi connectivity index (χ0n) is 16.2. The van der Waals surface area contributed by atoms with Crippen molar-refractivity contribution in [1.29, 1.82) is 0 Å². The number of amides is 1. The van der Waals surface area contributed by atoms with E-state index in [1.54, 1.807) is 6.07 Å². The number of carbonyl (C=O) groups excluding carboxylic acids is 1. The second-order valence-electron chi connectivity index (χ2n) is 6.93. The zero-order chi connectivity index (χ0) is 19.8. The fourth-order valence-electron chi connectivity index (χ4n) is 3.11. The molecule has 0 atom stereocenters. The summed E-state index contributed by atoms with van der Waals surface area (Å²) >= 11 is 7.55. The number of likely N-dealkylation sites (tertiary alicyclic amines) is 1. The van der Waals surface area contributed by atoms with Crippen LogP contribution in [0, 0.1) is 6.92 Å². The highest BCUT2D eigenvalue weighted by Crippen LogP contribution is 2.23. The number of anilines is 1. The largest absolute Gasteiger partial charge is 0.351 e. The fourth-order valence-corrected chi connectivity index (χ4v) is 4.15. The molecule has 1 amide bonds. The van der Waals surface area contributed by atoms with E-state index in [-0.39, 0.29) is 5.91 Å². The second-order valence-corrected chi connectivity index (χ2v) is 8.31. The molecule has 3 rings (SSSR count). The highest BCUT2D eigenvalue weighted by atomic mass is 35.5. The van der Waals surface area contributed by atoms with E-state index in [1.165, 1.54) is 37.4 Å². The SMILES string of the molecule is Cc1ccc(Cl)cc1NC(=O)CSC(=Nc1ccccc1)N1CCCCCC1. The second kappa shape index (κ2) is 10.5. The van der Waals surface area contributed by atoms with Gasteiger partial charge in [0.15, 0.2) is 5.17 Å². The van der Waals surface area contributed by atoms with Crippen LogP contribution in [-0.4, -0.2) is 34.8 Å². The van der Waals surface area contributed by atoms with Gasteiger partial charge in [0, 0.05) is 23.8 Å². The summed E-state index contributed by atoms with van der Waals surface area (Å²) < 4.78 is 0. The molecule has 6 heteroatoms. The van der Waals surface area contributed by atoms with E-state index in [0.29, 0.717) is 10.8 Å². The van der Waals surface area contributed by atoms with E-state index >= 15 is 0 Å². The van der Waals surface area contributed by atoms with Crippen LogP contribution >= 0.6 is 23.4 Å². The van der Waals surface area contributed by atoms with Gasteiger partial charge in [-0.15, -0.1) is 0 Å². The number of rotatable bonds is 4. The van der Waals surface area contributed by atoms with E-state index < -0.39 is 0 Å². The smallest absolute Gasteiger partial charge is 0.234 e. The first kappa shape index (κ1) is 20.7. The third-order valence-electron chi connectivity index (χ3n) is 4.66. The summed E-state index contributed by atoms with van der Waals surface area (Å²) in [7, 11) is 0. The molecule has 2 aromatic carbocycles. The Balaban J connectivity index is 1.69. The maximum Gasteiger partial charge on any atom is 0.234 e. The molecule has 0 radical (unpaired) electrons. The van der Waals surface area contributed by atoms with Crippen LogP contribution in [0.5, 0.6) is 0 Å². The quantitative estimate of drug-likeness (QED) is 0.500. The Morgan fingerprint density at radius 3 is 2.54 bits per heavy atom. The van der Waals surface area contributed by atoms with Crippen molar-refractivity contribution < 1.29 is 4.79 Å². The molecule has 4 nitrogen and oxygen atoms in total. The number of thioether (sulfide) groups is 1. The molecule has 1 saturated heterocycles. The first-order valence-electron chi connectivity index (χ1n) is 9.69. The van der Waals surface area contributed by atoms with Gasteiger partial charge in [-0.2, -0.15) is 0 Å². The number of carbonyl (C=O) groups is 1. The summed E-state index contributed by atoms with van der Waals surface area (Å²) in [6.07, 6.45) is 4.85. The van der Waals surface area contributed by atoms with Crippen molar-refractivity contribution in [3.63, 3.8) is 0 Å². The number of para-hydroxylation sites is 1. The van der Waals surface area contributed by atoms with E-state index in [1.807, 2.05) is 49.4 Å². The predicted octanol–water partition coefficient (Wildman–Crippen LogP) is 5.88. The van der Waals surface area contributed by atoms with Crippen LogP contribution < -0.4 is 5.32 Å². The number of amidine groups is 1. The molecule has 1 N–H and O–H groups in total. The first-order valence-corrected chi connectivity index (χ1v) is 11.1. The third-order valence-corrected chi connectivity index (χ3v) is 5.91. The predicted molar refractivity (Wildman–Crippen MR) is 121 cm³/mol. The van der Waals surface area contributed by atoms with Gasteiger partial charge in [0.1, 0.15) is 0 Å². The molecule has 0 bridgehead atoms. The topological polar surface area (TPSA) is 44.7 Å². The fraction of sp³-hybridized carbons (Fsp3) is 0.364. The summed E-state index contributed by atoms with van der Waals surface area (Å²) in [6.45, 7) is 3.94. The van der Waals surface area contributed by atoms with Crippen molar-refractivity contribution in [3.05, 3.63) is 59.1 Å². The van der Waals surface area contributed by atoms with Gasteiger partial charge in [0.2, 0.25) is 5.91 Å². The van der Waals surface area contributed by atoms with Crippen LogP contribution in [0.2, 0.25) is 5.02 Å². The van der Waals surface area contributed by atoms with Crippen molar-refractivity contribution in [3.8, 4) is 0 Å². The van der Waals surface area contributed by atoms with Crippen LogP contribution in [0.15, 0.2) is 53.5 Å². The Hall–Kier alpha value is -1.98. The molecule has 28 heavy (non-hydrogen) atoms. The van der Waals surface area contributed by atoms with Gasteiger partial charge in [0.25, 0.3) is 0 Å². The maximum absolute atomic E-state index is 12.5. The number of hydrogen-bond acceptors (Lipinski definition) is 3. The van der Waals surface area contributed by atoms with Crippen LogP contribution in [0.1, 0.15) is 31.2 Å². The van der Waals surface area contributed by atoms with E-state index in [9.17, 15) is 4.79 Å². The maximum atomic E-state index is 12.5. The number of hydrogen-bond donors (Lipinski definition) is 1. The number of benzene rings is 2. The van der Waals surface area contributed by atoms with E-state index in [2.05, 4.69) is 10.2 Å². The lowest BCUT2D eigenvalue weighted by Gasteiger charge is -2.23. The van der Waals surface area contributed by atoms with Gasteiger partial charge < -0.3 is 10.2 Å². The lowest BCUT2D eigenvalue weighted by Crippen LogP contribution is -2.31. The lowest BCUT2D eigenvalue weighted by atomic mass is 10.2. The molecule has 1 aliphatic heterocycles. The third kappa shape index (κ3) is 6.28. The van der Waals surface area contributed by atoms with Crippen LogP contribution in [0.4, 0.5) is 11.4 Å². The molecule has 0 saturated carbocycles. The van der Waals surface area contributed by atoms with Gasteiger partial charge in [-0.1, -0.05) is 60.5 Å². The van der Waals surface area contributed by atoms with Crippen molar-refractivity contribution in [2.24, 2.45) is 4.99 Å². The normalized spacial score (nSPS) is 15.2. The van der Waals surface area contributed by atoms with E-state index in [4.69, 9.17) is 16.6 Å². The first-order chi connectivity index (χ1) is 13.6. The molecule has 1 fully saturated rings. The summed E-state index contributed by atoms with van der Waals surface area (Å²) in [5.74, 6) is 0.264. The molecule has 2 aromatic rings. The van der Waals surface area contributed by atoms with Crippen molar-refractivity contribution in [1.82, 2.24) is 4.90 Å². The minimum absolute atomic E-state index is 0.0500. The molecule has 0 aromatic heterocycles. The molecule has 0 aliphatic carbocycles. The average Bonchev–Trinajstić information content (AvgIpc) is 2.98. The van der Waals surface area contributed by atoms with Crippen molar-refractivity contribution in [2.75, 3.05) is 24.2 Å². The lowest BCUT2D eigenvalue weighted by molar-refractivity contribution is -0.113. The zero-order valence-corrected chi connectivity index (χ0v) is 17.7. The Labute approximate surface area is 176 Å². The number of aryl methyl sites for hydroxylation is 1. The number of nitrogens with zero attached hydrogens (tertiary/aromatic N) is 2. The summed E-state index contributed by atoms with van der Waals surface area (Å²) in [5.41, 5.74) is 2.67. The molecule has 1 aliphatic rings. The summed E-state index contributed by atoms with van der Waals surface area (Å²) in [6, 6.07) is 15.5. The Kier molecular flexibility index (Phi) is 7.80. The molecule has 148 valence electrons. The minimum Gasteiger partial charge on any atom is -0.351 e. The monoisotopic (exact) mass is 415 g/mol. The highest BCUT2D eigenvalue weighted by molar-refractivity contribution is 8.14. The van der Waals surface area contributed by atoms with Crippen LogP contribution in [0.3, 0.4) is 0 Å². The van der Waals surface area contributed by atoms with Crippen molar-refractivity contribution in [2.45, 2.75) is 32.6 Å². The minimum atomic E-state index is -0.0500. The Morgan fingerprint density at radius 2 is 1.82 bits per heavy atom. The summed E-state index contributed by atoms with van der Waals surface area (Å²) in [4.78, 5) is 19.7. The Morgan fingerprint density at radius 1 is 1.11 bits per heavy atom. The molecular weight excluding hydrogens is 390 g/mol. The highest BCUT2D eigenvalue weighted by Gasteiger charge is 2.16. The van der Waals surface area contributed by atoms with Crippen LogP contribution in [-0.2, 0) is 4.79 Å². The van der Waals surface area contributed by atoms with Gasteiger partial charge in [-0.05, 0) is 49.6 Å². The van der Waals surface area contributed by atoms with Gasteiger partial charge in [0.05, 0.1) is 11.4 Å². The molecule has 0 unspecified atom stereocenters. The number of halogens is 1. The van der Waals surface area contributed by atoms with Gasteiger partial charge in [-0.3, -0.25) is 4.79 Å². The number of nitrogens with one attached hydrogen (secondary N) is 1. The number of aliphatic imine (C=N–C) groups is 1. The standard InChI is InChI=1S/C22H26ClN3OS/c1-17-11-12-18(23)15-20(17)25-21(27)16-28-22(24-19-9-5-4-6-10-19)26-13-7-2-3-8-14-26/h4-6,9-12,15H,2-3,7-8,13-14,16H2,1H3,(H,25,27). The average molecular weight is 416 g/mol. The Bertz CT molecular complexity index is 818. The molecular formula is C22H26ClN3OS.